The van der Waals surface area contributed by atoms with Crippen molar-refractivity contribution in [2.24, 2.45) is 0 Å². The molecule has 0 radical (unpaired) electrons. The van der Waals surface area contributed by atoms with Gasteiger partial charge in [0.25, 0.3) is 0 Å². The molecule has 1 rings (SSSR count). The van der Waals surface area contributed by atoms with Gasteiger partial charge >= 0.3 is 0 Å². The Morgan fingerprint density at radius 1 is 1.26 bits per heavy atom. The highest BCUT2D eigenvalue weighted by Crippen LogP contribution is 2.14. The molecule has 0 amide bonds. The Morgan fingerprint density at radius 3 is 2.37 bits per heavy atom. The number of hydrogen-bond donors (Lipinski definition) is 1. The first-order chi connectivity index (χ1) is 8.84. The van der Waals surface area contributed by atoms with Crippen molar-refractivity contribution in [3.8, 4) is 0 Å². The lowest BCUT2D eigenvalue weighted by atomic mass is 10.1. The van der Waals surface area contributed by atoms with Gasteiger partial charge in [0.2, 0.25) is 0 Å². The number of aliphatic hydroxyl groups is 1. The number of nitrogens with zero attached hydrogens (tertiary/aromatic N) is 1. The molecule has 0 heterocycles. The minimum Gasteiger partial charge on any atom is -0.387 e. The molecular weight excluding hydrogens is 262 g/mol. The van der Waals surface area contributed by atoms with Crippen molar-refractivity contribution in [1.29, 1.82) is 0 Å². The summed E-state index contributed by atoms with van der Waals surface area (Å²) in [7, 11) is -1.12. The highest BCUT2D eigenvalue weighted by atomic mass is 32.2. The zero-order valence-corrected chi connectivity index (χ0v) is 12.7. The number of aliphatic hydroxyl groups excluding tert-OH is 1. The molecule has 0 aliphatic carbocycles. The largest absolute Gasteiger partial charge is 0.387 e. The maximum atomic E-state index is 11.4. The van der Waals surface area contributed by atoms with Crippen LogP contribution in [0.4, 0.5) is 0 Å². The summed E-state index contributed by atoms with van der Waals surface area (Å²) in [6, 6.07) is 7.72. The third kappa shape index (κ3) is 5.72. The monoisotopic (exact) mass is 285 g/mol. The molecule has 0 aliphatic heterocycles. The second-order valence-corrected chi connectivity index (χ2v) is 7.40. The lowest BCUT2D eigenvalue weighted by molar-refractivity contribution is 0.130. The fourth-order valence-corrected chi connectivity index (χ4v) is 2.60. The fourth-order valence-electron chi connectivity index (χ4n) is 1.72. The molecule has 1 unspecified atom stereocenters. The summed E-state index contributed by atoms with van der Waals surface area (Å²) in [5, 5.41) is 10.1. The van der Waals surface area contributed by atoms with Gasteiger partial charge in [-0.15, -0.1) is 0 Å². The Balaban J connectivity index is 2.48. The summed E-state index contributed by atoms with van der Waals surface area (Å²) in [4.78, 5) is 1.84. The lowest BCUT2D eigenvalue weighted by Gasteiger charge is -2.20. The number of benzene rings is 1. The van der Waals surface area contributed by atoms with Crippen LogP contribution < -0.4 is 0 Å². The van der Waals surface area contributed by atoms with Crippen LogP contribution in [0.25, 0.3) is 0 Å². The average Bonchev–Trinajstić information content (AvgIpc) is 2.37. The Kier molecular flexibility index (Phi) is 5.97. The van der Waals surface area contributed by atoms with Crippen molar-refractivity contribution in [1.82, 2.24) is 4.90 Å². The normalized spacial score (nSPS) is 13.7. The first kappa shape index (κ1) is 16.1. The Labute approximate surface area is 116 Å². The summed E-state index contributed by atoms with van der Waals surface area (Å²) < 4.78 is 22.8. The molecule has 0 spiro atoms. The summed E-state index contributed by atoms with van der Waals surface area (Å²) in [6.07, 6.45) is -0.588. The first-order valence-electron chi connectivity index (χ1n) is 6.47. The fraction of sp³-hybridized carbons (Fsp3) is 0.571. The molecule has 0 saturated carbocycles. The lowest BCUT2D eigenvalue weighted by Crippen LogP contribution is -2.30. The van der Waals surface area contributed by atoms with Gasteiger partial charge in [0.05, 0.1) is 11.9 Å². The van der Waals surface area contributed by atoms with Gasteiger partial charge in [-0.2, -0.15) is 0 Å². The van der Waals surface area contributed by atoms with Crippen LogP contribution in [0.15, 0.2) is 24.3 Å². The second kappa shape index (κ2) is 7.03. The first-order valence-corrected chi connectivity index (χ1v) is 8.30. The van der Waals surface area contributed by atoms with Crippen LogP contribution in [0.1, 0.15) is 24.2 Å². The van der Waals surface area contributed by atoms with Crippen LogP contribution in [-0.4, -0.2) is 50.1 Å². The molecule has 4 nitrogen and oxygen atoms in total. The van der Waals surface area contributed by atoms with E-state index in [4.69, 9.17) is 0 Å². The van der Waals surface area contributed by atoms with Gasteiger partial charge in [-0.1, -0.05) is 36.8 Å². The van der Waals surface area contributed by atoms with Gasteiger partial charge in [0.1, 0.15) is 0 Å². The number of likely N-dealkylation sites (N-methyl/N-ethyl adjacent to an activating group) is 1. The Hall–Kier alpha value is -0.910. The summed E-state index contributed by atoms with van der Waals surface area (Å²) >= 11 is 0. The van der Waals surface area contributed by atoms with E-state index in [-0.39, 0.29) is 11.5 Å². The van der Waals surface area contributed by atoms with E-state index in [1.54, 1.807) is 6.92 Å². The zero-order chi connectivity index (χ0) is 14.5. The third-order valence-corrected chi connectivity index (χ3v) is 4.85. The van der Waals surface area contributed by atoms with Gasteiger partial charge in [0, 0.05) is 18.8 Å². The third-order valence-electron chi connectivity index (χ3n) is 3.17. The van der Waals surface area contributed by atoms with Crippen LogP contribution in [0.5, 0.6) is 0 Å². The summed E-state index contributed by atoms with van der Waals surface area (Å²) in [6.45, 7) is 4.52. The van der Waals surface area contributed by atoms with Gasteiger partial charge in [-0.25, -0.2) is 8.42 Å². The van der Waals surface area contributed by atoms with Gasteiger partial charge in [-0.05, 0) is 19.5 Å². The van der Waals surface area contributed by atoms with E-state index in [0.717, 1.165) is 11.1 Å². The van der Waals surface area contributed by atoms with Gasteiger partial charge in [-0.3, -0.25) is 0 Å². The predicted molar refractivity (Wildman–Crippen MR) is 78.0 cm³/mol. The standard InChI is InChI=1S/C14H23NO3S/c1-4-19(17,18)10-9-15(3)11-14(16)13-7-5-12(2)6-8-13/h5-8,14,16H,4,9-11H2,1-3H3. The van der Waals surface area contributed by atoms with Crippen molar-refractivity contribution in [2.75, 3.05) is 31.6 Å². The molecule has 1 aromatic carbocycles. The molecule has 0 fully saturated rings. The molecular formula is C14H23NO3S. The van der Waals surface area contributed by atoms with Crippen LogP contribution in [0.2, 0.25) is 0 Å². The highest BCUT2D eigenvalue weighted by Gasteiger charge is 2.13. The number of rotatable bonds is 7. The van der Waals surface area contributed by atoms with Crippen LogP contribution in [0, 0.1) is 6.92 Å². The Bertz CT molecular complexity index is 482. The maximum Gasteiger partial charge on any atom is 0.151 e. The minimum atomic E-state index is -2.94. The van der Waals surface area contributed by atoms with Crippen LogP contribution >= 0.6 is 0 Å². The number of sulfone groups is 1. The van der Waals surface area contributed by atoms with Crippen LogP contribution in [-0.2, 0) is 9.84 Å². The highest BCUT2D eigenvalue weighted by molar-refractivity contribution is 7.91. The summed E-state index contributed by atoms with van der Waals surface area (Å²) in [5.41, 5.74) is 2.01. The Morgan fingerprint density at radius 2 is 1.84 bits per heavy atom. The molecule has 19 heavy (non-hydrogen) atoms. The van der Waals surface area contributed by atoms with Crippen molar-refractivity contribution in [3.63, 3.8) is 0 Å². The van der Waals surface area contributed by atoms with E-state index in [0.29, 0.717) is 13.1 Å². The second-order valence-electron chi connectivity index (χ2n) is 4.93. The molecule has 0 saturated heterocycles. The van der Waals surface area contributed by atoms with E-state index in [1.807, 2.05) is 43.1 Å². The van der Waals surface area contributed by atoms with E-state index < -0.39 is 15.9 Å². The SMILES string of the molecule is CCS(=O)(=O)CCN(C)CC(O)c1ccc(C)cc1. The van der Waals surface area contributed by atoms with Crippen molar-refractivity contribution < 1.29 is 13.5 Å². The van der Waals surface area contributed by atoms with Crippen molar-refractivity contribution in [3.05, 3.63) is 35.4 Å². The molecule has 108 valence electrons. The topological polar surface area (TPSA) is 57.6 Å². The molecule has 1 atom stereocenters. The molecule has 1 aromatic rings. The van der Waals surface area contributed by atoms with E-state index >= 15 is 0 Å². The minimum absolute atomic E-state index is 0.140. The number of aryl methyl sites for hydroxylation is 1. The molecule has 0 bridgehead atoms. The molecule has 5 heteroatoms. The maximum absolute atomic E-state index is 11.4. The zero-order valence-electron chi connectivity index (χ0n) is 11.8. The van der Waals surface area contributed by atoms with Gasteiger partial charge in [0.15, 0.2) is 9.84 Å². The van der Waals surface area contributed by atoms with Crippen molar-refractivity contribution in [2.45, 2.75) is 20.0 Å². The van der Waals surface area contributed by atoms with E-state index in [2.05, 4.69) is 0 Å². The predicted octanol–water partition coefficient (Wildman–Crippen LogP) is 1.39. The summed E-state index contributed by atoms with van der Waals surface area (Å²) in [5.74, 6) is 0.308. The van der Waals surface area contributed by atoms with E-state index in [9.17, 15) is 13.5 Å². The molecule has 0 aromatic heterocycles. The van der Waals surface area contributed by atoms with E-state index in [1.165, 1.54) is 0 Å². The number of hydrogen-bond acceptors (Lipinski definition) is 4. The average molecular weight is 285 g/mol. The van der Waals surface area contributed by atoms with Gasteiger partial charge < -0.3 is 10.0 Å². The van der Waals surface area contributed by atoms with Crippen molar-refractivity contribution >= 4 is 9.84 Å². The molecule has 1 N–H and O–H groups in total. The smallest absolute Gasteiger partial charge is 0.151 e. The van der Waals surface area contributed by atoms with Crippen LogP contribution in [0.3, 0.4) is 0 Å². The quantitative estimate of drug-likeness (QED) is 0.822. The molecule has 0 aliphatic rings.